The predicted molar refractivity (Wildman–Crippen MR) is 93.1 cm³/mol. The van der Waals surface area contributed by atoms with Gasteiger partial charge in [-0.2, -0.15) is 0 Å². The Hall–Kier alpha value is -1.47. The molecule has 0 aliphatic carbocycles. The Morgan fingerprint density at radius 3 is 2.65 bits per heavy atom. The highest BCUT2D eigenvalue weighted by molar-refractivity contribution is 7.89. The van der Waals surface area contributed by atoms with Crippen molar-refractivity contribution in [2.24, 2.45) is 0 Å². The second-order valence-corrected chi connectivity index (χ2v) is 7.96. The number of sulfonamides is 1. The summed E-state index contributed by atoms with van der Waals surface area (Å²) in [5, 5.41) is 1.70. The minimum Gasteiger partial charge on any atom is -0.303 e. The Kier molecular flexibility index (Phi) is 4.68. The van der Waals surface area contributed by atoms with E-state index in [1.54, 1.807) is 12.1 Å². The van der Waals surface area contributed by atoms with E-state index in [-0.39, 0.29) is 6.04 Å². The SMILES string of the molecule is CN1CCN(C)[C@H](CNS(=O)(=O)c2cccc3ccccc23)C1. The fraction of sp³-hybridized carbons (Fsp3) is 0.412. The van der Waals surface area contributed by atoms with Crippen molar-refractivity contribution < 1.29 is 8.42 Å². The Morgan fingerprint density at radius 2 is 1.83 bits per heavy atom. The van der Waals surface area contributed by atoms with E-state index in [1.807, 2.05) is 37.4 Å². The van der Waals surface area contributed by atoms with E-state index < -0.39 is 10.0 Å². The van der Waals surface area contributed by atoms with E-state index >= 15 is 0 Å². The molecule has 0 saturated carbocycles. The van der Waals surface area contributed by atoms with Crippen molar-refractivity contribution in [2.45, 2.75) is 10.9 Å². The highest BCUT2D eigenvalue weighted by Gasteiger charge is 2.25. The van der Waals surface area contributed by atoms with Crippen molar-refractivity contribution in [3.8, 4) is 0 Å². The number of fused-ring (bicyclic) bond motifs is 1. The van der Waals surface area contributed by atoms with E-state index in [9.17, 15) is 8.42 Å². The van der Waals surface area contributed by atoms with Crippen molar-refractivity contribution in [1.82, 2.24) is 14.5 Å². The van der Waals surface area contributed by atoms with Crippen molar-refractivity contribution in [2.75, 3.05) is 40.3 Å². The summed E-state index contributed by atoms with van der Waals surface area (Å²) in [5.41, 5.74) is 0. The monoisotopic (exact) mass is 333 g/mol. The molecule has 0 unspecified atom stereocenters. The third-order valence-electron chi connectivity index (χ3n) is 4.53. The van der Waals surface area contributed by atoms with Gasteiger partial charge in [-0.05, 0) is 25.5 Å². The first-order valence-corrected chi connectivity index (χ1v) is 9.32. The van der Waals surface area contributed by atoms with Crippen LogP contribution in [0, 0.1) is 0 Å². The third-order valence-corrected chi connectivity index (χ3v) is 6.01. The van der Waals surface area contributed by atoms with Crippen LogP contribution in [-0.4, -0.2) is 64.5 Å². The lowest BCUT2D eigenvalue weighted by atomic mass is 10.1. The zero-order chi connectivity index (χ0) is 16.4. The van der Waals surface area contributed by atoms with Crippen molar-refractivity contribution in [1.29, 1.82) is 0 Å². The molecule has 3 rings (SSSR count). The molecule has 1 heterocycles. The fourth-order valence-electron chi connectivity index (χ4n) is 3.04. The van der Waals surface area contributed by atoms with Gasteiger partial charge in [-0.25, -0.2) is 13.1 Å². The van der Waals surface area contributed by atoms with Crippen LogP contribution in [0.5, 0.6) is 0 Å². The number of hydrogen-bond acceptors (Lipinski definition) is 4. The molecule has 5 nitrogen and oxygen atoms in total. The molecule has 1 aliphatic heterocycles. The summed E-state index contributed by atoms with van der Waals surface area (Å²) < 4.78 is 28.3. The molecule has 0 bridgehead atoms. The van der Waals surface area contributed by atoms with Crippen LogP contribution in [0.15, 0.2) is 47.4 Å². The van der Waals surface area contributed by atoms with Gasteiger partial charge < -0.3 is 4.90 Å². The molecule has 2 aromatic carbocycles. The lowest BCUT2D eigenvalue weighted by molar-refractivity contribution is 0.117. The van der Waals surface area contributed by atoms with Gasteiger partial charge in [0.05, 0.1) is 4.90 Å². The van der Waals surface area contributed by atoms with Gasteiger partial charge in [0, 0.05) is 37.6 Å². The van der Waals surface area contributed by atoms with Gasteiger partial charge in [-0.3, -0.25) is 4.90 Å². The number of likely N-dealkylation sites (N-methyl/N-ethyl adjacent to an activating group) is 2. The minimum atomic E-state index is -3.52. The quantitative estimate of drug-likeness (QED) is 0.918. The standard InChI is InChI=1S/C17H23N3O2S/c1-19-10-11-20(2)15(13-19)12-18-23(21,22)17-9-5-7-14-6-3-4-8-16(14)17/h3-9,15,18H,10-13H2,1-2H3/t15-/m1/s1. The van der Waals surface area contributed by atoms with Crippen LogP contribution in [-0.2, 0) is 10.0 Å². The predicted octanol–water partition coefficient (Wildman–Crippen LogP) is 1.36. The molecule has 2 aromatic rings. The molecule has 0 aromatic heterocycles. The first-order valence-electron chi connectivity index (χ1n) is 7.83. The van der Waals surface area contributed by atoms with Gasteiger partial charge in [-0.15, -0.1) is 0 Å². The maximum absolute atomic E-state index is 12.7. The Labute approximate surface area is 137 Å². The summed E-state index contributed by atoms with van der Waals surface area (Å²) in [6, 6.07) is 13.1. The van der Waals surface area contributed by atoms with Crippen LogP contribution in [0.3, 0.4) is 0 Å². The molecule has 124 valence electrons. The molecular formula is C17H23N3O2S. The molecule has 1 fully saturated rings. The molecule has 23 heavy (non-hydrogen) atoms. The number of nitrogens with one attached hydrogen (secondary N) is 1. The van der Waals surface area contributed by atoms with Gasteiger partial charge >= 0.3 is 0 Å². The third kappa shape index (κ3) is 3.55. The Balaban J connectivity index is 1.81. The minimum absolute atomic E-state index is 0.193. The van der Waals surface area contributed by atoms with Crippen LogP contribution in [0.1, 0.15) is 0 Å². The van der Waals surface area contributed by atoms with Crippen LogP contribution < -0.4 is 4.72 Å². The summed E-state index contributed by atoms with van der Waals surface area (Å²) in [4.78, 5) is 4.80. The normalized spacial score (nSPS) is 20.9. The molecule has 1 N–H and O–H groups in total. The molecule has 6 heteroatoms. The smallest absolute Gasteiger partial charge is 0.241 e. The maximum Gasteiger partial charge on any atom is 0.241 e. The van der Waals surface area contributed by atoms with E-state index in [4.69, 9.17) is 0 Å². The summed E-state index contributed by atoms with van der Waals surface area (Å²) in [6.45, 7) is 3.27. The van der Waals surface area contributed by atoms with Crippen molar-refractivity contribution in [3.63, 3.8) is 0 Å². The van der Waals surface area contributed by atoms with E-state index in [0.29, 0.717) is 11.4 Å². The second-order valence-electron chi connectivity index (χ2n) is 6.23. The van der Waals surface area contributed by atoms with Crippen molar-refractivity contribution >= 4 is 20.8 Å². The lowest BCUT2D eigenvalue weighted by Crippen LogP contribution is -2.54. The molecular weight excluding hydrogens is 310 g/mol. The average Bonchev–Trinajstić information content (AvgIpc) is 2.55. The Bertz CT molecular complexity index is 786. The molecule has 0 amide bonds. The topological polar surface area (TPSA) is 52.6 Å². The average molecular weight is 333 g/mol. The van der Waals surface area contributed by atoms with Gasteiger partial charge in [0.1, 0.15) is 0 Å². The summed E-state index contributed by atoms with van der Waals surface area (Å²) >= 11 is 0. The molecule has 1 aliphatic rings. The van der Waals surface area contributed by atoms with E-state index in [2.05, 4.69) is 21.6 Å². The first kappa shape index (κ1) is 16.4. The fourth-order valence-corrected chi connectivity index (χ4v) is 4.34. The zero-order valence-electron chi connectivity index (χ0n) is 13.6. The second kappa shape index (κ2) is 6.57. The lowest BCUT2D eigenvalue weighted by Gasteiger charge is -2.37. The Morgan fingerprint density at radius 1 is 1.09 bits per heavy atom. The van der Waals surface area contributed by atoms with Crippen LogP contribution in [0.25, 0.3) is 10.8 Å². The number of benzene rings is 2. The van der Waals surface area contributed by atoms with Crippen LogP contribution in [0.2, 0.25) is 0 Å². The molecule has 0 spiro atoms. The van der Waals surface area contributed by atoms with E-state index in [0.717, 1.165) is 30.4 Å². The largest absolute Gasteiger partial charge is 0.303 e. The van der Waals surface area contributed by atoms with Crippen LogP contribution >= 0.6 is 0 Å². The van der Waals surface area contributed by atoms with Gasteiger partial charge in [-0.1, -0.05) is 36.4 Å². The summed E-state index contributed by atoms with van der Waals surface area (Å²) in [5.74, 6) is 0. The van der Waals surface area contributed by atoms with Gasteiger partial charge in [0.25, 0.3) is 0 Å². The van der Waals surface area contributed by atoms with Crippen LogP contribution in [0.4, 0.5) is 0 Å². The molecule has 1 saturated heterocycles. The molecule has 0 radical (unpaired) electrons. The highest BCUT2D eigenvalue weighted by atomic mass is 32.2. The first-order chi connectivity index (χ1) is 11.0. The van der Waals surface area contributed by atoms with Gasteiger partial charge in [0.15, 0.2) is 0 Å². The number of hydrogen-bond donors (Lipinski definition) is 1. The maximum atomic E-state index is 12.7. The number of nitrogens with zero attached hydrogens (tertiary/aromatic N) is 2. The van der Waals surface area contributed by atoms with Crippen molar-refractivity contribution in [3.05, 3.63) is 42.5 Å². The van der Waals surface area contributed by atoms with E-state index in [1.165, 1.54) is 0 Å². The zero-order valence-corrected chi connectivity index (χ0v) is 14.4. The van der Waals surface area contributed by atoms with Gasteiger partial charge in [0.2, 0.25) is 10.0 Å². The molecule has 1 atom stereocenters. The highest BCUT2D eigenvalue weighted by Crippen LogP contribution is 2.22. The summed E-state index contributed by atoms with van der Waals surface area (Å²) in [6.07, 6.45) is 0. The number of piperazine rings is 1. The number of rotatable bonds is 4. The summed E-state index contributed by atoms with van der Waals surface area (Å²) in [7, 11) is 0.592.